The van der Waals surface area contributed by atoms with Gasteiger partial charge in [-0.1, -0.05) is 36.9 Å². The fraction of sp³-hybridized carbons (Fsp3) is 0.235. The molecule has 1 aliphatic heterocycles. The summed E-state index contributed by atoms with van der Waals surface area (Å²) in [5.74, 6) is 1.68. The lowest BCUT2D eigenvalue weighted by Gasteiger charge is -2.09. The van der Waals surface area contributed by atoms with Crippen molar-refractivity contribution in [3.63, 3.8) is 0 Å². The molecule has 0 fully saturated rings. The maximum absolute atomic E-state index is 5.77. The third-order valence-corrected chi connectivity index (χ3v) is 4.53. The lowest BCUT2D eigenvalue weighted by Crippen LogP contribution is -2.06. The lowest BCUT2D eigenvalue weighted by atomic mass is 10.3. The second-order valence-corrected chi connectivity index (χ2v) is 6.15. The van der Waals surface area contributed by atoms with E-state index in [1.54, 1.807) is 0 Å². The Balaban J connectivity index is 1.60. The molecule has 0 bridgehead atoms. The van der Waals surface area contributed by atoms with Gasteiger partial charge in [0.1, 0.15) is 11.5 Å². The third-order valence-electron chi connectivity index (χ3n) is 3.26. The molecule has 0 saturated heterocycles. The predicted octanol–water partition coefficient (Wildman–Crippen LogP) is 4.77. The lowest BCUT2D eigenvalue weighted by molar-refractivity contribution is 0.483. The Morgan fingerprint density at radius 1 is 1.10 bits per heavy atom. The average Bonchev–Trinajstić information content (AvgIpc) is 2.98. The minimum atomic E-state index is 0.619. The molecule has 1 N–H and O–H groups in total. The molecule has 1 unspecified atom stereocenters. The molecule has 108 valence electrons. The van der Waals surface area contributed by atoms with Crippen LogP contribution >= 0.6 is 11.8 Å². The summed E-state index contributed by atoms with van der Waals surface area (Å²) in [5, 5.41) is 4.98. The summed E-state index contributed by atoms with van der Waals surface area (Å²) in [5.41, 5.74) is 1.04. The van der Waals surface area contributed by atoms with Crippen LogP contribution in [-0.2, 0) is 0 Å². The molecule has 3 nitrogen and oxygen atoms in total. The molecule has 0 radical (unpaired) electrons. The summed E-state index contributed by atoms with van der Waals surface area (Å²) in [6.07, 6.45) is 1.16. The largest absolute Gasteiger partial charge is 0.457 e. The molecule has 0 aromatic heterocycles. The van der Waals surface area contributed by atoms with Crippen LogP contribution in [0.2, 0.25) is 0 Å². The van der Waals surface area contributed by atoms with E-state index >= 15 is 0 Å². The summed E-state index contributed by atoms with van der Waals surface area (Å²) in [6, 6.07) is 17.8. The van der Waals surface area contributed by atoms with Crippen molar-refractivity contribution in [3.8, 4) is 11.5 Å². The Hall–Kier alpha value is -1.94. The Morgan fingerprint density at radius 2 is 1.81 bits per heavy atom. The number of aliphatic imine (C=N–C) groups is 1. The highest BCUT2D eigenvalue weighted by molar-refractivity contribution is 8.15. The first-order chi connectivity index (χ1) is 10.3. The van der Waals surface area contributed by atoms with Gasteiger partial charge in [0.25, 0.3) is 0 Å². The van der Waals surface area contributed by atoms with Crippen molar-refractivity contribution in [2.24, 2.45) is 4.99 Å². The molecule has 1 atom stereocenters. The smallest absolute Gasteiger partial charge is 0.161 e. The van der Waals surface area contributed by atoms with Crippen molar-refractivity contribution in [1.82, 2.24) is 0 Å². The van der Waals surface area contributed by atoms with Crippen molar-refractivity contribution < 1.29 is 4.74 Å². The molecule has 1 heterocycles. The second-order valence-electron chi connectivity index (χ2n) is 4.86. The number of rotatable bonds is 4. The van der Waals surface area contributed by atoms with Crippen molar-refractivity contribution in [2.75, 3.05) is 11.9 Å². The van der Waals surface area contributed by atoms with E-state index in [0.717, 1.165) is 35.3 Å². The summed E-state index contributed by atoms with van der Waals surface area (Å²) >= 11 is 1.82. The Labute approximate surface area is 129 Å². The predicted molar refractivity (Wildman–Crippen MR) is 90.6 cm³/mol. The van der Waals surface area contributed by atoms with Crippen LogP contribution in [0.25, 0.3) is 0 Å². The van der Waals surface area contributed by atoms with Gasteiger partial charge in [-0.25, -0.2) is 0 Å². The number of hydrogen-bond donors (Lipinski definition) is 1. The molecule has 1 aliphatic rings. The number of nitrogens with one attached hydrogen (secondary N) is 1. The number of amidine groups is 1. The fourth-order valence-corrected chi connectivity index (χ4v) is 3.01. The molecule has 21 heavy (non-hydrogen) atoms. The normalized spacial score (nSPS) is 17.4. The van der Waals surface area contributed by atoms with Crippen LogP contribution < -0.4 is 10.1 Å². The van der Waals surface area contributed by atoms with Gasteiger partial charge in [-0.05, 0) is 42.8 Å². The van der Waals surface area contributed by atoms with Crippen LogP contribution in [0.1, 0.15) is 13.3 Å². The zero-order chi connectivity index (χ0) is 14.5. The number of thioether (sulfide) groups is 1. The van der Waals surface area contributed by atoms with Gasteiger partial charge < -0.3 is 10.1 Å². The van der Waals surface area contributed by atoms with Crippen molar-refractivity contribution in [3.05, 3.63) is 54.6 Å². The van der Waals surface area contributed by atoms with Crippen LogP contribution in [-0.4, -0.2) is 17.0 Å². The van der Waals surface area contributed by atoms with Gasteiger partial charge in [0, 0.05) is 10.9 Å². The first-order valence-electron chi connectivity index (χ1n) is 7.14. The molecule has 2 aromatic carbocycles. The highest BCUT2D eigenvalue weighted by Gasteiger charge is 2.17. The van der Waals surface area contributed by atoms with Crippen molar-refractivity contribution >= 4 is 22.6 Å². The Bertz CT molecular complexity index is 610. The number of ether oxygens (including phenoxy) is 1. The molecular formula is C17H18N2OS. The molecule has 2 aromatic rings. The first kappa shape index (κ1) is 14.0. The van der Waals surface area contributed by atoms with Crippen LogP contribution in [0.5, 0.6) is 11.5 Å². The van der Waals surface area contributed by atoms with Crippen molar-refractivity contribution in [2.45, 2.75) is 18.6 Å². The van der Waals surface area contributed by atoms with E-state index in [4.69, 9.17) is 4.74 Å². The summed E-state index contributed by atoms with van der Waals surface area (Å²) in [7, 11) is 0. The van der Waals surface area contributed by atoms with Gasteiger partial charge in [-0.2, -0.15) is 0 Å². The van der Waals surface area contributed by atoms with Crippen LogP contribution in [0, 0.1) is 0 Å². The molecule has 0 spiro atoms. The van der Waals surface area contributed by atoms with Crippen LogP contribution in [0.3, 0.4) is 0 Å². The van der Waals surface area contributed by atoms with E-state index in [1.165, 1.54) is 0 Å². The molecule has 3 rings (SSSR count). The average molecular weight is 298 g/mol. The van der Waals surface area contributed by atoms with Crippen LogP contribution in [0.15, 0.2) is 59.6 Å². The van der Waals surface area contributed by atoms with Gasteiger partial charge in [0.05, 0.1) is 6.54 Å². The van der Waals surface area contributed by atoms with E-state index < -0.39 is 0 Å². The zero-order valence-corrected chi connectivity index (χ0v) is 12.8. The van der Waals surface area contributed by atoms with E-state index in [1.807, 2.05) is 66.4 Å². The Morgan fingerprint density at radius 3 is 2.48 bits per heavy atom. The maximum atomic E-state index is 5.77. The Kier molecular flexibility index (Phi) is 4.46. The van der Waals surface area contributed by atoms with Gasteiger partial charge in [-0.15, -0.1) is 0 Å². The third kappa shape index (κ3) is 3.79. The van der Waals surface area contributed by atoms with E-state index in [2.05, 4.69) is 17.2 Å². The minimum Gasteiger partial charge on any atom is -0.457 e. The zero-order valence-electron chi connectivity index (χ0n) is 12.0. The second kappa shape index (κ2) is 6.68. The fourth-order valence-electron chi connectivity index (χ4n) is 2.05. The minimum absolute atomic E-state index is 0.619. The summed E-state index contributed by atoms with van der Waals surface area (Å²) in [6.45, 7) is 3.12. The highest BCUT2D eigenvalue weighted by Crippen LogP contribution is 2.26. The SMILES string of the molecule is CCC1CN=C(Nc2ccc(Oc3ccccc3)cc2)S1. The number of nitrogens with zero attached hydrogens (tertiary/aromatic N) is 1. The quantitative estimate of drug-likeness (QED) is 0.882. The van der Waals surface area contributed by atoms with Crippen molar-refractivity contribution in [1.29, 1.82) is 0 Å². The molecular weight excluding hydrogens is 280 g/mol. The van der Waals surface area contributed by atoms with Gasteiger partial charge in [0.15, 0.2) is 5.17 Å². The van der Waals surface area contributed by atoms with Crippen LogP contribution in [0.4, 0.5) is 5.69 Å². The maximum Gasteiger partial charge on any atom is 0.161 e. The summed E-state index contributed by atoms with van der Waals surface area (Å²) < 4.78 is 5.77. The number of anilines is 1. The number of hydrogen-bond acceptors (Lipinski definition) is 4. The summed E-state index contributed by atoms with van der Waals surface area (Å²) in [4.78, 5) is 4.51. The molecule has 0 aliphatic carbocycles. The topological polar surface area (TPSA) is 33.6 Å². The number of benzene rings is 2. The molecule has 0 amide bonds. The molecule has 0 saturated carbocycles. The number of para-hydroxylation sites is 1. The van der Waals surface area contributed by atoms with E-state index in [0.29, 0.717) is 5.25 Å². The van der Waals surface area contributed by atoms with Gasteiger partial charge >= 0.3 is 0 Å². The highest BCUT2D eigenvalue weighted by atomic mass is 32.2. The van der Waals surface area contributed by atoms with E-state index in [-0.39, 0.29) is 0 Å². The first-order valence-corrected chi connectivity index (χ1v) is 8.02. The van der Waals surface area contributed by atoms with Gasteiger partial charge in [0.2, 0.25) is 0 Å². The van der Waals surface area contributed by atoms with Gasteiger partial charge in [-0.3, -0.25) is 4.99 Å². The molecule has 4 heteroatoms. The van der Waals surface area contributed by atoms with E-state index in [9.17, 15) is 0 Å². The standard InChI is InChI=1S/C17H18N2OS/c1-2-16-12-18-17(21-16)19-13-8-10-15(11-9-13)20-14-6-4-3-5-7-14/h3-11,16H,2,12H2,1H3,(H,18,19). The monoisotopic (exact) mass is 298 g/mol.